The summed E-state index contributed by atoms with van der Waals surface area (Å²) in [6.07, 6.45) is 8.86. The molecule has 3 heterocycles. The van der Waals surface area contributed by atoms with Gasteiger partial charge < -0.3 is 14.8 Å². The summed E-state index contributed by atoms with van der Waals surface area (Å²) in [5, 5.41) is 4.07. The van der Waals surface area contributed by atoms with E-state index in [4.69, 9.17) is 10.3 Å². The summed E-state index contributed by atoms with van der Waals surface area (Å²) in [6.45, 7) is 0.522. The van der Waals surface area contributed by atoms with Gasteiger partial charge >= 0.3 is 0 Å². The van der Waals surface area contributed by atoms with Gasteiger partial charge in [-0.15, -0.1) is 0 Å². The molecule has 2 N–H and O–H groups in total. The molecule has 0 radical (unpaired) electrons. The number of imidazole rings is 1. The number of anilines is 1. The molecule has 1 aliphatic carbocycles. The average molecular weight is 296 g/mol. The van der Waals surface area contributed by atoms with Crippen molar-refractivity contribution < 1.29 is 4.52 Å². The fourth-order valence-corrected chi connectivity index (χ4v) is 2.59. The van der Waals surface area contributed by atoms with Gasteiger partial charge in [0.05, 0.1) is 6.54 Å². The molecule has 0 atom stereocenters. The van der Waals surface area contributed by atoms with Gasteiger partial charge in [0.15, 0.2) is 5.82 Å². The summed E-state index contributed by atoms with van der Waals surface area (Å²) in [7, 11) is 0. The fraction of sp³-hybridized carbons (Fsp3) is 0.333. The van der Waals surface area contributed by atoms with Crippen molar-refractivity contribution in [2.75, 3.05) is 5.73 Å². The molecule has 0 spiro atoms. The van der Waals surface area contributed by atoms with Crippen LogP contribution in [0.3, 0.4) is 0 Å². The Kier molecular flexibility index (Phi) is 3.10. The minimum absolute atomic E-state index is 0.448. The van der Waals surface area contributed by atoms with E-state index in [1.54, 1.807) is 18.5 Å². The Bertz CT molecular complexity index is 789. The van der Waals surface area contributed by atoms with Gasteiger partial charge in [-0.3, -0.25) is 0 Å². The molecular formula is C15H16N6O. The maximum Gasteiger partial charge on any atom is 0.229 e. The predicted molar refractivity (Wildman–Crippen MR) is 79.9 cm³/mol. The summed E-state index contributed by atoms with van der Waals surface area (Å²) >= 11 is 0. The summed E-state index contributed by atoms with van der Waals surface area (Å²) in [5.41, 5.74) is 6.65. The maximum absolute atomic E-state index is 5.74. The van der Waals surface area contributed by atoms with Crippen molar-refractivity contribution in [3.05, 3.63) is 42.4 Å². The number of aromatic nitrogens is 5. The smallest absolute Gasteiger partial charge is 0.229 e. The van der Waals surface area contributed by atoms with Gasteiger partial charge in [0.2, 0.25) is 5.89 Å². The van der Waals surface area contributed by atoms with Gasteiger partial charge in [-0.05, 0) is 25.0 Å². The van der Waals surface area contributed by atoms with Crippen molar-refractivity contribution in [1.82, 2.24) is 24.7 Å². The SMILES string of the molecule is Nc1cc(-c2nccn2Cc2noc(C3CCC3)n2)ccn1. The Morgan fingerprint density at radius 1 is 1.27 bits per heavy atom. The molecule has 112 valence electrons. The third-order valence-corrected chi connectivity index (χ3v) is 4.00. The highest BCUT2D eigenvalue weighted by atomic mass is 16.5. The van der Waals surface area contributed by atoms with Crippen LogP contribution in [0.2, 0.25) is 0 Å². The van der Waals surface area contributed by atoms with Crippen LogP contribution < -0.4 is 5.73 Å². The lowest BCUT2D eigenvalue weighted by atomic mass is 9.85. The van der Waals surface area contributed by atoms with Crippen molar-refractivity contribution >= 4 is 5.82 Å². The number of rotatable bonds is 4. The highest BCUT2D eigenvalue weighted by Crippen LogP contribution is 2.35. The first-order valence-electron chi connectivity index (χ1n) is 7.35. The topological polar surface area (TPSA) is 95.7 Å². The Balaban J connectivity index is 1.58. The van der Waals surface area contributed by atoms with Gasteiger partial charge in [0.25, 0.3) is 0 Å². The molecular weight excluding hydrogens is 280 g/mol. The normalized spacial score (nSPS) is 14.9. The molecule has 4 rings (SSSR count). The molecule has 7 heteroatoms. The van der Waals surface area contributed by atoms with Gasteiger partial charge in [0.1, 0.15) is 11.6 Å². The van der Waals surface area contributed by atoms with Crippen LogP contribution >= 0.6 is 0 Å². The molecule has 3 aromatic rings. The second kappa shape index (κ2) is 5.25. The third kappa shape index (κ3) is 2.34. The number of pyridine rings is 1. The average Bonchev–Trinajstić information content (AvgIpc) is 3.07. The van der Waals surface area contributed by atoms with Crippen LogP contribution in [-0.4, -0.2) is 24.7 Å². The molecule has 0 bridgehead atoms. The van der Waals surface area contributed by atoms with Crippen molar-refractivity contribution in [2.24, 2.45) is 0 Å². The van der Waals surface area contributed by atoms with E-state index in [2.05, 4.69) is 20.1 Å². The van der Waals surface area contributed by atoms with Gasteiger partial charge in [0, 0.05) is 30.1 Å². The highest BCUT2D eigenvalue weighted by Gasteiger charge is 2.25. The van der Waals surface area contributed by atoms with E-state index in [1.807, 2.05) is 16.8 Å². The minimum Gasteiger partial charge on any atom is -0.384 e. The quantitative estimate of drug-likeness (QED) is 0.793. The zero-order chi connectivity index (χ0) is 14.9. The van der Waals surface area contributed by atoms with E-state index >= 15 is 0 Å². The van der Waals surface area contributed by atoms with Crippen molar-refractivity contribution in [2.45, 2.75) is 31.7 Å². The monoisotopic (exact) mass is 296 g/mol. The minimum atomic E-state index is 0.448. The van der Waals surface area contributed by atoms with Crippen LogP contribution in [0.15, 0.2) is 35.2 Å². The van der Waals surface area contributed by atoms with E-state index in [0.29, 0.717) is 24.1 Å². The molecule has 7 nitrogen and oxygen atoms in total. The fourth-order valence-electron chi connectivity index (χ4n) is 2.59. The number of hydrogen-bond donors (Lipinski definition) is 1. The van der Waals surface area contributed by atoms with Crippen LogP contribution in [0.1, 0.15) is 36.9 Å². The molecule has 0 aromatic carbocycles. The van der Waals surface area contributed by atoms with E-state index in [1.165, 1.54) is 6.42 Å². The van der Waals surface area contributed by atoms with Crippen LogP contribution in [0, 0.1) is 0 Å². The zero-order valence-electron chi connectivity index (χ0n) is 12.0. The van der Waals surface area contributed by atoms with E-state index in [-0.39, 0.29) is 0 Å². The van der Waals surface area contributed by atoms with Crippen LogP contribution in [0.4, 0.5) is 5.82 Å². The Morgan fingerprint density at radius 2 is 2.18 bits per heavy atom. The Labute approximate surface area is 127 Å². The Hall–Kier alpha value is -2.70. The van der Waals surface area contributed by atoms with Crippen LogP contribution in [-0.2, 0) is 6.54 Å². The molecule has 1 saturated carbocycles. The highest BCUT2D eigenvalue weighted by molar-refractivity contribution is 5.58. The first-order chi connectivity index (χ1) is 10.8. The number of nitrogens with two attached hydrogens (primary N) is 1. The van der Waals surface area contributed by atoms with Crippen molar-refractivity contribution in [3.8, 4) is 11.4 Å². The molecule has 1 fully saturated rings. The number of nitrogen functional groups attached to an aromatic ring is 1. The molecule has 0 saturated heterocycles. The molecule has 0 aliphatic heterocycles. The van der Waals surface area contributed by atoms with Crippen molar-refractivity contribution in [3.63, 3.8) is 0 Å². The second-order valence-electron chi connectivity index (χ2n) is 5.52. The lowest BCUT2D eigenvalue weighted by Crippen LogP contribution is -2.09. The predicted octanol–water partition coefficient (Wildman–Crippen LogP) is 2.23. The van der Waals surface area contributed by atoms with E-state index in [0.717, 1.165) is 30.1 Å². The van der Waals surface area contributed by atoms with Gasteiger partial charge in [-0.1, -0.05) is 11.6 Å². The summed E-state index contributed by atoms with van der Waals surface area (Å²) < 4.78 is 7.33. The Morgan fingerprint density at radius 3 is 2.95 bits per heavy atom. The number of hydrogen-bond acceptors (Lipinski definition) is 6. The summed E-state index contributed by atoms with van der Waals surface area (Å²) in [6, 6.07) is 3.68. The van der Waals surface area contributed by atoms with E-state index in [9.17, 15) is 0 Å². The first kappa shape index (κ1) is 13.0. The van der Waals surface area contributed by atoms with Crippen LogP contribution in [0.5, 0.6) is 0 Å². The third-order valence-electron chi connectivity index (χ3n) is 4.00. The lowest BCUT2D eigenvalue weighted by molar-refractivity contribution is 0.291. The van der Waals surface area contributed by atoms with Gasteiger partial charge in [-0.2, -0.15) is 4.98 Å². The lowest BCUT2D eigenvalue weighted by Gasteiger charge is -2.20. The molecule has 0 unspecified atom stereocenters. The number of nitrogens with zero attached hydrogens (tertiary/aromatic N) is 5. The van der Waals surface area contributed by atoms with Crippen molar-refractivity contribution in [1.29, 1.82) is 0 Å². The zero-order valence-corrected chi connectivity index (χ0v) is 12.0. The van der Waals surface area contributed by atoms with Gasteiger partial charge in [-0.25, -0.2) is 9.97 Å². The molecule has 3 aromatic heterocycles. The van der Waals surface area contributed by atoms with Crippen LogP contribution in [0.25, 0.3) is 11.4 Å². The molecule has 1 aliphatic rings. The standard InChI is InChI=1S/C15H16N6O/c16-12-8-11(4-5-17-12)14-18-6-7-21(14)9-13-19-15(22-20-13)10-2-1-3-10/h4-8,10H,1-3,9H2,(H2,16,17). The molecule has 0 amide bonds. The molecule has 22 heavy (non-hydrogen) atoms. The summed E-state index contributed by atoms with van der Waals surface area (Å²) in [4.78, 5) is 12.9. The largest absolute Gasteiger partial charge is 0.384 e. The maximum atomic E-state index is 5.74. The summed E-state index contributed by atoms with van der Waals surface area (Å²) in [5.74, 6) is 3.16. The second-order valence-corrected chi connectivity index (χ2v) is 5.52. The van der Waals surface area contributed by atoms with E-state index < -0.39 is 0 Å². The first-order valence-corrected chi connectivity index (χ1v) is 7.35.